The molecule has 0 bridgehead atoms. The van der Waals surface area contributed by atoms with E-state index in [4.69, 9.17) is 20.8 Å². The van der Waals surface area contributed by atoms with E-state index in [1.807, 2.05) is 48.6 Å². The van der Waals surface area contributed by atoms with E-state index in [9.17, 15) is 9.18 Å². The number of thioether (sulfide) groups is 1. The SMILES string of the molecule is CC1=C(C(N)=O)SC(c2cccnc2)N1c1cn2nc(-c3c(-c4ccc(F)cc4)ncn3C3CCNCC3)ccc2n1. The fourth-order valence-corrected chi connectivity index (χ4v) is 6.97. The van der Waals surface area contributed by atoms with Crippen molar-refractivity contribution in [2.75, 3.05) is 18.0 Å². The number of imidazole rings is 2. The first kappa shape index (κ1) is 26.4. The van der Waals surface area contributed by atoms with E-state index in [0.29, 0.717) is 16.4 Å². The molecule has 1 fully saturated rings. The van der Waals surface area contributed by atoms with E-state index in [1.165, 1.54) is 23.9 Å². The van der Waals surface area contributed by atoms with Gasteiger partial charge in [0.2, 0.25) is 0 Å². The zero-order chi connectivity index (χ0) is 28.8. The number of benzene rings is 1. The Kier molecular flexibility index (Phi) is 6.71. The summed E-state index contributed by atoms with van der Waals surface area (Å²) >= 11 is 1.39. The number of piperidine rings is 1. The van der Waals surface area contributed by atoms with E-state index in [-0.39, 0.29) is 17.2 Å². The lowest BCUT2D eigenvalue weighted by molar-refractivity contribution is -0.113. The van der Waals surface area contributed by atoms with Gasteiger partial charge in [0.05, 0.1) is 28.8 Å². The number of allylic oxidation sites excluding steroid dienone is 1. The summed E-state index contributed by atoms with van der Waals surface area (Å²) < 4.78 is 17.7. The normalized spacial score (nSPS) is 17.9. The fourth-order valence-electron chi connectivity index (χ4n) is 5.71. The molecule has 2 aliphatic rings. The Balaban J connectivity index is 1.33. The second-order valence-electron chi connectivity index (χ2n) is 10.4. The highest BCUT2D eigenvalue weighted by Gasteiger charge is 2.36. The smallest absolute Gasteiger partial charge is 0.256 e. The number of pyridine rings is 1. The summed E-state index contributed by atoms with van der Waals surface area (Å²) in [4.78, 5) is 28.7. The number of rotatable bonds is 6. The molecule has 3 N–H and O–H groups in total. The Bertz CT molecular complexity index is 1810. The van der Waals surface area contributed by atoms with Crippen LogP contribution in [0.1, 0.15) is 36.7 Å². The van der Waals surface area contributed by atoms with Gasteiger partial charge >= 0.3 is 0 Å². The van der Waals surface area contributed by atoms with Crippen LogP contribution in [-0.2, 0) is 4.79 Å². The lowest BCUT2D eigenvalue weighted by Gasteiger charge is -2.25. The Morgan fingerprint density at radius 3 is 2.67 bits per heavy atom. The average molecular weight is 582 g/mol. The van der Waals surface area contributed by atoms with Crippen LogP contribution in [-0.4, -0.2) is 48.1 Å². The van der Waals surface area contributed by atoms with Crippen LogP contribution in [0.4, 0.5) is 10.2 Å². The molecule has 0 saturated carbocycles. The predicted molar refractivity (Wildman–Crippen MR) is 160 cm³/mol. The number of hydrogen-bond donors (Lipinski definition) is 2. The van der Waals surface area contributed by atoms with Gasteiger partial charge in [-0.2, -0.15) is 5.10 Å². The van der Waals surface area contributed by atoms with Gasteiger partial charge in [-0.25, -0.2) is 18.9 Å². The molecule has 4 aromatic heterocycles. The lowest BCUT2D eigenvalue weighted by atomic mass is 10.0. The number of amides is 1. The number of aromatic nitrogens is 6. The first-order valence-corrected chi connectivity index (χ1v) is 14.6. The third-order valence-electron chi connectivity index (χ3n) is 7.76. The molecule has 7 rings (SSSR count). The molecular formula is C30H28FN9OS. The van der Waals surface area contributed by atoms with E-state index in [1.54, 1.807) is 29.0 Å². The quantitative estimate of drug-likeness (QED) is 0.297. The second kappa shape index (κ2) is 10.7. The van der Waals surface area contributed by atoms with Crippen LogP contribution in [0, 0.1) is 5.82 Å². The van der Waals surface area contributed by atoms with E-state index in [2.05, 4.69) is 14.9 Å². The standard InChI is InChI=1S/C30H28FN9OS/c1-18-28(29(32)41)42-30(20-3-2-12-34-15-20)40(18)25-16-39-24(36-25)9-8-23(37-39)27-26(19-4-6-21(31)7-5-19)35-17-38(27)22-10-13-33-14-11-22/h2-9,12,15-17,22,30,33H,10-11,13-14H2,1H3,(H2,32,41). The molecule has 0 spiro atoms. The van der Waals surface area contributed by atoms with Gasteiger partial charge < -0.3 is 20.5 Å². The molecule has 0 aliphatic carbocycles. The van der Waals surface area contributed by atoms with E-state index in [0.717, 1.165) is 59.8 Å². The third kappa shape index (κ3) is 4.62. The Morgan fingerprint density at radius 1 is 1.12 bits per heavy atom. The summed E-state index contributed by atoms with van der Waals surface area (Å²) in [7, 11) is 0. The van der Waals surface area contributed by atoms with Gasteiger partial charge in [-0.3, -0.25) is 9.78 Å². The molecule has 6 heterocycles. The maximum Gasteiger partial charge on any atom is 0.256 e. The number of primary amides is 1. The largest absolute Gasteiger partial charge is 0.365 e. The van der Waals surface area contributed by atoms with Crippen LogP contribution in [0.2, 0.25) is 0 Å². The number of hydrogen-bond acceptors (Lipinski definition) is 8. The van der Waals surface area contributed by atoms with Gasteiger partial charge in [0, 0.05) is 35.3 Å². The number of nitrogens with zero attached hydrogens (tertiary/aromatic N) is 7. The molecule has 1 saturated heterocycles. The van der Waals surface area contributed by atoms with Crippen LogP contribution in [0.25, 0.3) is 28.3 Å². The Labute approximate surface area is 245 Å². The average Bonchev–Trinajstić information content (AvgIpc) is 3.73. The van der Waals surface area contributed by atoms with E-state index < -0.39 is 5.91 Å². The monoisotopic (exact) mass is 581 g/mol. The van der Waals surface area contributed by atoms with Crippen molar-refractivity contribution < 1.29 is 9.18 Å². The van der Waals surface area contributed by atoms with Gasteiger partial charge in [0.1, 0.15) is 16.9 Å². The van der Waals surface area contributed by atoms with Crippen LogP contribution in [0.5, 0.6) is 0 Å². The Morgan fingerprint density at radius 2 is 1.93 bits per heavy atom. The van der Waals surface area contributed by atoms with Crippen molar-refractivity contribution in [3.05, 3.63) is 95.4 Å². The van der Waals surface area contributed by atoms with Crippen molar-refractivity contribution in [2.24, 2.45) is 5.73 Å². The number of carbonyl (C=O) groups excluding carboxylic acids is 1. The number of nitrogens with two attached hydrogens (primary N) is 1. The van der Waals surface area contributed by atoms with Gasteiger partial charge in [-0.05, 0) is 75.3 Å². The van der Waals surface area contributed by atoms with Gasteiger partial charge in [-0.1, -0.05) is 17.8 Å². The lowest BCUT2D eigenvalue weighted by Crippen LogP contribution is -2.29. The molecule has 5 aromatic rings. The molecule has 12 heteroatoms. The van der Waals surface area contributed by atoms with E-state index >= 15 is 0 Å². The fraction of sp³-hybridized carbons (Fsp3) is 0.233. The molecule has 2 aliphatic heterocycles. The molecule has 1 atom stereocenters. The molecule has 1 amide bonds. The summed E-state index contributed by atoms with van der Waals surface area (Å²) in [5.74, 6) is -0.130. The molecule has 212 valence electrons. The van der Waals surface area contributed by atoms with Gasteiger partial charge in [0.25, 0.3) is 5.91 Å². The predicted octanol–water partition coefficient (Wildman–Crippen LogP) is 4.69. The van der Waals surface area contributed by atoms with Crippen molar-refractivity contribution >= 4 is 29.1 Å². The van der Waals surface area contributed by atoms with Crippen molar-refractivity contribution in [2.45, 2.75) is 31.2 Å². The van der Waals surface area contributed by atoms with Crippen LogP contribution in [0.15, 0.2) is 84.1 Å². The highest BCUT2D eigenvalue weighted by atomic mass is 32.2. The second-order valence-corrected chi connectivity index (χ2v) is 11.5. The summed E-state index contributed by atoms with van der Waals surface area (Å²) in [6, 6.07) is 14.4. The minimum atomic E-state index is -0.474. The highest BCUT2D eigenvalue weighted by molar-refractivity contribution is 8.04. The van der Waals surface area contributed by atoms with Gasteiger partial charge in [0.15, 0.2) is 11.5 Å². The molecule has 1 aromatic carbocycles. The van der Waals surface area contributed by atoms with Crippen LogP contribution >= 0.6 is 11.8 Å². The first-order valence-electron chi connectivity index (χ1n) is 13.7. The number of anilines is 1. The number of fused-ring (bicyclic) bond motifs is 1. The maximum atomic E-state index is 13.8. The van der Waals surface area contributed by atoms with Crippen LogP contribution in [0.3, 0.4) is 0 Å². The highest BCUT2D eigenvalue weighted by Crippen LogP contribution is 2.49. The molecule has 1 unspecified atom stereocenters. The molecule has 42 heavy (non-hydrogen) atoms. The molecule has 10 nitrogen and oxygen atoms in total. The number of nitrogens with one attached hydrogen (secondary N) is 1. The van der Waals surface area contributed by atoms with Crippen molar-refractivity contribution in [1.82, 2.24) is 34.4 Å². The van der Waals surface area contributed by atoms with Crippen molar-refractivity contribution in [1.29, 1.82) is 0 Å². The first-order chi connectivity index (χ1) is 20.5. The van der Waals surface area contributed by atoms with Crippen molar-refractivity contribution in [3.63, 3.8) is 0 Å². The summed E-state index contributed by atoms with van der Waals surface area (Å²) in [5.41, 5.74) is 11.2. The molecule has 0 radical (unpaired) electrons. The Hall–Kier alpha value is -4.55. The minimum absolute atomic E-state index is 0.253. The molecular weight excluding hydrogens is 553 g/mol. The summed E-state index contributed by atoms with van der Waals surface area (Å²) in [6.07, 6.45) is 9.17. The minimum Gasteiger partial charge on any atom is -0.365 e. The number of halogens is 1. The zero-order valence-corrected chi connectivity index (χ0v) is 23.6. The summed E-state index contributed by atoms with van der Waals surface area (Å²) in [5, 5.41) is 8.17. The van der Waals surface area contributed by atoms with Crippen LogP contribution < -0.4 is 16.0 Å². The van der Waals surface area contributed by atoms with Crippen molar-refractivity contribution in [3.8, 4) is 22.6 Å². The number of carbonyl (C=O) groups is 1. The third-order valence-corrected chi connectivity index (χ3v) is 9.20. The summed E-state index contributed by atoms with van der Waals surface area (Å²) in [6.45, 7) is 3.73. The zero-order valence-electron chi connectivity index (χ0n) is 22.8. The maximum absolute atomic E-state index is 13.8. The van der Waals surface area contributed by atoms with Gasteiger partial charge in [-0.15, -0.1) is 0 Å². The topological polar surface area (TPSA) is 119 Å².